The summed E-state index contributed by atoms with van der Waals surface area (Å²) in [5.41, 5.74) is 0. The zero-order chi connectivity index (χ0) is 12.9. The van der Waals surface area contributed by atoms with Gasteiger partial charge >= 0.3 is 0 Å². The average molecular weight is 264 g/mol. The lowest BCUT2D eigenvalue weighted by Gasteiger charge is -2.29. The van der Waals surface area contributed by atoms with Gasteiger partial charge in [-0.3, -0.25) is 4.79 Å². The smallest absolute Gasteiger partial charge is 0.223 e. The van der Waals surface area contributed by atoms with Crippen LogP contribution in [0.15, 0.2) is 0 Å². The van der Waals surface area contributed by atoms with Crippen molar-refractivity contribution in [2.75, 3.05) is 32.5 Å². The molecule has 0 aliphatic carbocycles. The number of piperidine rings is 1. The van der Waals surface area contributed by atoms with E-state index in [2.05, 4.69) is 5.32 Å². The van der Waals surface area contributed by atoms with Gasteiger partial charge in [-0.15, -0.1) is 0 Å². The van der Waals surface area contributed by atoms with E-state index in [1.54, 1.807) is 0 Å². The van der Waals surface area contributed by atoms with Crippen molar-refractivity contribution in [1.29, 1.82) is 0 Å². The molecule has 1 amide bonds. The van der Waals surface area contributed by atoms with E-state index in [-0.39, 0.29) is 18.4 Å². The van der Waals surface area contributed by atoms with Crippen molar-refractivity contribution in [3.8, 4) is 0 Å². The number of sulfonamides is 1. The average Bonchev–Trinajstić information content (AvgIpc) is 2.28. The number of nitrogens with one attached hydrogen (secondary N) is 1. The van der Waals surface area contributed by atoms with Crippen LogP contribution in [0, 0.1) is 5.92 Å². The van der Waals surface area contributed by atoms with Crippen molar-refractivity contribution < 1.29 is 18.3 Å². The van der Waals surface area contributed by atoms with E-state index >= 15 is 0 Å². The first-order chi connectivity index (χ1) is 7.95. The molecule has 1 heterocycles. The van der Waals surface area contributed by atoms with Crippen LogP contribution >= 0.6 is 0 Å². The van der Waals surface area contributed by atoms with Crippen LogP contribution in [0.1, 0.15) is 19.3 Å². The van der Waals surface area contributed by atoms with Crippen molar-refractivity contribution in [2.45, 2.75) is 19.3 Å². The minimum Gasteiger partial charge on any atom is -0.396 e. The van der Waals surface area contributed by atoms with Crippen molar-refractivity contribution in [2.24, 2.45) is 5.92 Å². The first-order valence-electron chi connectivity index (χ1n) is 5.79. The number of amides is 1. The molecule has 100 valence electrons. The van der Waals surface area contributed by atoms with Crippen LogP contribution in [0.25, 0.3) is 0 Å². The number of hydrogen-bond donors (Lipinski definition) is 2. The normalized spacial score (nSPS) is 19.2. The lowest BCUT2D eigenvalue weighted by Crippen LogP contribution is -2.42. The largest absolute Gasteiger partial charge is 0.396 e. The van der Waals surface area contributed by atoms with Crippen LogP contribution in [0.5, 0.6) is 0 Å². The van der Waals surface area contributed by atoms with Gasteiger partial charge in [0, 0.05) is 32.2 Å². The number of aliphatic hydroxyl groups excluding tert-OH is 1. The summed E-state index contributed by atoms with van der Waals surface area (Å²) in [6.45, 7) is 1.36. The molecule has 17 heavy (non-hydrogen) atoms. The molecule has 1 saturated heterocycles. The molecule has 0 atom stereocenters. The van der Waals surface area contributed by atoms with Gasteiger partial charge in [-0.25, -0.2) is 12.7 Å². The van der Waals surface area contributed by atoms with Crippen LogP contribution in [0.3, 0.4) is 0 Å². The number of nitrogens with zero attached hydrogens (tertiary/aromatic N) is 1. The number of hydrogen-bond acceptors (Lipinski definition) is 4. The van der Waals surface area contributed by atoms with E-state index in [0.717, 1.165) is 0 Å². The third kappa shape index (κ3) is 4.61. The first kappa shape index (κ1) is 14.4. The SMILES string of the molecule is CS(=O)(=O)N1CCC(C(=O)NCCCO)CC1. The van der Waals surface area contributed by atoms with Gasteiger partial charge in [-0.05, 0) is 19.3 Å². The summed E-state index contributed by atoms with van der Waals surface area (Å²) in [7, 11) is -3.13. The summed E-state index contributed by atoms with van der Waals surface area (Å²) in [6, 6.07) is 0. The Labute approximate surface area is 102 Å². The minimum atomic E-state index is -3.13. The van der Waals surface area contributed by atoms with E-state index < -0.39 is 10.0 Å². The second kappa shape index (κ2) is 6.32. The lowest BCUT2D eigenvalue weighted by atomic mass is 9.97. The highest BCUT2D eigenvalue weighted by Crippen LogP contribution is 2.19. The predicted octanol–water partition coefficient (Wildman–Crippen LogP) is -0.843. The Bertz CT molecular complexity index is 347. The van der Waals surface area contributed by atoms with E-state index in [1.165, 1.54) is 10.6 Å². The highest BCUT2D eigenvalue weighted by Gasteiger charge is 2.28. The van der Waals surface area contributed by atoms with Gasteiger partial charge in [-0.2, -0.15) is 0 Å². The fraction of sp³-hybridized carbons (Fsp3) is 0.900. The number of carbonyl (C=O) groups excluding carboxylic acids is 1. The van der Waals surface area contributed by atoms with Crippen LogP contribution < -0.4 is 5.32 Å². The Morgan fingerprint density at radius 1 is 1.41 bits per heavy atom. The molecular formula is C10H20N2O4S. The van der Waals surface area contributed by atoms with Gasteiger partial charge in [-0.1, -0.05) is 0 Å². The standard InChI is InChI=1S/C10H20N2O4S/c1-17(15,16)12-6-3-9(4-7-12)10(14)11-5-2-8-13/h9,13H,2-8H2,1H3,(H,11,14). The second-order valence-corrected chi connectivity index (χ2v) is 6.29. The first-order valence-corrected chi connectivity index (χ1v) is 7.63. The molecule has 0 aromatic heterocycles. The predicted molar refractivity (Wildman–Crippen MR) is 63.9 cm³/mol. The van der Waals surface area contributed by atoms with Crippen molar-refractivity contribution >= 4 is 15.9 Å². The number of rotatable bonds is 5. The van der Waals surface area contributed by atoms with Gasteiger partial charge < -0.3 is 10.4 Å². The van der Waals surface area contributed by atoms with E-state index in [0.29, 0.717) is 38.9 Å². The Morgan fingerprint density at radius 2 is 2.00 bits per heavy atom. The topological polar surface area (TPSA) is 86.7 Å². The third-order valence-electron chi connectivity index (χ3n) is 2.93. The maximum atomic E-state index is 11.7. The Hall–Kier alpha value is -0.660. The van der Waals surface area contributed by atoms with Gasteiger partial charge in [0.1, 0.15) is 0 Å². The molecule has 0 unspecified atom stereocenters. The van der Waals surface area contributed by atoms with Gasteiger partial charge in [0.15, 0.2) is 0 Å². The number of carbonyl (C=O) groups is 1. The maximum Gasteiger partial charge on any atom is 0.223 e. The quantitative estimate of drug-likeness (QED) is 0.634. The third-order valence-corrected chi connectivity index (χ3v) is 4.23. The molecule has 1 aliphatic rings. The van der Waals surface area contributed by atoms with Crippen LogP contribution in [-0.2, 0) is 14.8 Å². The Morgan fingerprint density at radius 3 is 2.47 bits per heavy atom. The molecule has 0 saturated carbocycles. The van der Waals surface area contributed by atoms with E-state index in [9.17, 15) is 13.2 Å². The summed E-state index contributed by atoms with van der Waals surface area (Å²) in [5, 5.41) is 11.3. The highest BCUT2D eigenvalue weighted by atomic mass is 32.2. The summed E-state index contributed by atoms with van der Waals surface area (Å²) in [5.74, 6) is -0.140. The molecule has 6 nitrogen and oxygen atoms in total. The zero-order valence-electron chi connectivity index (χ0n) is 10.1. The molecule has 7 heteroatoms. The summed E-state index contributed by atoms with van der Waals surface area (Å²) < 4.78 is 23.9. The molecule has 0 bridgehead atoms. The molecule has 0 aromatic rings. The van der Waals surface area contributed by atoms with Crippen LogP contribution in [0.2, 0.25) is 0 Å². The van der Waals surface area contributed by atoms with Gasteiger partial charge in [0.2, 0.25) is 15.9 Å². The monoisotopic (exact) mass is 264 g/mol. The summed E-state index contributed by atoms with van der Waals surface area (Å²) in [6.07, 6.45) is 2.87. The van der Waals surface area contributed by atoms with Crippen LogP contribution in [0.4, 0.5) is 0 Å². The lowest BCUT2D eigenvalue weighted by molar-refractivity contribution is -0.126. The van der Waals surface area contributed by atoms with Crippen molar-refractivity contribution in [3.05, 3.63) is 0 Å². The molecule has 1 aliphatic heterocycles. The molecule has 1 fully saturated rings. The second-order valence-electron chi connectivity index (χ2n) is 4.30. The van der Waals surface area contributed by atoms with Crippen molar-refractivity contribution in [1.82, 2.24) is 9.62 Å². The molecule has 2 N–H and O–H groups in total. The van der Waals surface area contributed by atoms with E-state index in [4.69, 9.17) is 5.11 Å². The minimum absolute atomic E-state index is 0.0356. The van der Waals surface area contributed by atoms with Gasteiger partial charge in [0.05, 0.1) is 6.26 Å². The molecule has 0 radical (unpaired) electrons. The Kier molecular flexibility index (Phi) is 5.35. The number of aliphatic hydroxyl groups is 1. The van der Waals surface area contributed by atoms with Crippen molar-refractivity contribution in [3.63, 3.8) is 0 Å². The molecule has 1 rings (SSSR count). The zero-order valence-corrected chi connectivity index (χ0v) is 10.9. The van der Waals surface area contributed by atoms with E-state index in [1.807, 2.05) is 0 Å². The molecular weight excluding hydrogens is 244 g/mol. The fourth-order valence-electron chi connectivity index (χ4n) is 1.88. The van der Waals surface area contributed by atoms with Gasteiger partial charge in [0.25, 0.3) is 0 Å². The highest BCUT2D eigenvalue weighted by molar-refractivity contribution is 7.88. The molecule has 0 aromatic carbocycles. The molecule has 0 spiro atoms. The summed E-state index contributed by atoms with van der Waals surface area (Å²) in [4.78, 5) is 11.7. The Balaban J connectivity index is 2.34. The van der Waals surface area contributed by atoms with Crippen LogP contribution in [-0.4, -0.2) is 56.2 Å². The summed E-state index contributed by atoms with van der Waals surface area (Å²) >= 11 is 0. The maximum absolute atomic E-state index is 11.7. The fourth-order valence-corrected chi connectivity index (χ4v) is 2.76.